The Hall–Kier alpha value is -2.93. The van der Waals surface area contributed by atoms with E-state index < -0.39 is 5.91 Å². The lowest BCUT2D eigenvalue weighted by Crippen LogP contribution is -2.13. The zero-order valence-electron chi connectivity index (χ0n) is 10.1. The number of hydrogen-bond donors (Lipinski definition) is 1. The predicted octanol–water partition coefficient (Wildman–Crippen LogP) is 2.63. The highest BCUT2D eigenvalue weighted by Crippen LogP contribution is 2.09. The zero-order valence-corrected chi connectivity index (χ0v) is 10.1. The highest BCUT2D eigenvalue weighted by molar-refractivity contribution is 6.09. The molecule has 1 amide bonds. The van der Waals surface area contributed by atoms with Gasteiger partial charge in [0.15, 0.2) is 0 Å². The first-order valence-corrected chi connectivity index (χ1v) is 5.68. The summed E-state index contributed by atoms with van der Waals surface area (Å²) in [7, 11) is 0. The number of aromatic nitrogens is 1. The number of rotatable bonds is 3. The molecule has 1 N–H and O–H groups in total. The molecule has 1 aromatic heterocycles. The molecular weight excluding hydrogens is 238 g/mol. The number of carbonyl (C=O) groups is 1. The second-order valence-electron chi connectivity index (χ2n) is 3.78. The summed E-state index contributed by atoms with van der Waals surface area (Å²) in [5.74, 6) is -0.445. The second-order valence-corrected chi connectivity index (χ2v) is 3.78. The van der Waals surface area contributed by atoms with Crippen LogP contribution in [-0.2, 0) is 4.79 Å². The summed E-state index contributed by atoms with van der Waals surface area (Å²) < 4.78 is 0. The average Bonchev–Trinajstić information content (AvgIpc) is 2.47. The summed E-state index contributed by atoms with van der Waals surface area (Å²) in [6, 6.07) is 14.5. The van der Waals surface area contributed by atoms with Crippen molar-refractivity contribution in [1.82, 2.24) is 4.98 Å². The maximum absolute atomic E-state index is 11.9. The first kappa shape index (κ1) is 12.5. The highest BCUT2D eigenvalue weighted by atomic mass is 16.1. The third-order valence-electron chi connectivity index (χ3n) is 2.40. The smallest absolute Gasteiger partial charge is 0.266 e. The molecule has 1 heterocycles. The Labute approximate surface area is 111 Å². The SMILES string of the molecule is N#C/C(=C\c1ccccc1)C(=O)Nc1cccnc1. The minimum Gasteiger partial charge on any atom is -0.320 e. The third-order valence-corrected chi connectivity index (χ3v) is 2.40. The van der Waals surface area contributed by atoms with E-state index in [1.807, 2.05) is 36.4 Å². The van der Waals surface area contributed by atoms with Crippen LogP contribution in [0.1, 0.15) is 5.56 Å². The van der Waals surface area contributed by atoms with Gasteiger partial charge in [-0.05, 0) is 23.8 Å². The van der Waals surface area contributed by atoms with Crippen LogP contribution in [-0.4, -0.2) is 10.9 Å². The molecule has 4 heteroatoms. The van der Waals surface area contributed by atoms with Crippen LogP contribution in [0.4, 0.5) is 5.69 Å². The number of pyridine rings is 1. The molecule has 0 saturated heterocycles. The number of nitrogens with one attached hydrogen (secondary N) is 1. The largest absolute Gasteiger partial charge is 0.320 e. The normalized spacial score (nSPS) is 10.6. The van der Waals surface area contributed by atoms with E-state index in [0.717, 1.165) is 5.56 Å². The van der Waals surface area contributed by atoms with Crippen molar-refractivity contribution in [2.75, 3.05) is 5.32 Å². The zero-order chi connectivity index (χ0) is 13.5. The van der Waals surface area contributed by atoms with Gasteiger partial charge in [0, 0.05) is 6.20 Å². The van der Waals surface area contributed by atoms with Crippen molar-refractivity contribution in [3.63, 3.8) is 0 Å². The summed E-state index contributed by atoms with van der Waals surface area (Å²) in [6.45, 7) is 0. The molecule has 0 spiro atoms. The number of nitrogens with zero attached hydrogens (tertiary/aromatic N) is 2. The van der Waals surface area contributed by atoms with Crippen LogP contribution in [0.5, 0.6) is 0 Å². The molecule has 2 rings (SSSR count). The first-order valence-electron chi connectivity index (χ1n) is 5.68. The number of carbonyl (C=O) groups excluding carboxylic acids is 1. The van der Waals surface area contributed by atoms with Crippen LogP contribution >= 0.6 is 0 Å². The molecule has 0 bridgehead atoms. The quantitative estimate of drug-likeness (QED) is 0.671. The molecular formula is C15H11N3O. The fourth-order valence-electron chi connectivity index (χ4n) is 1.50. The number of nitriles is 1. The van der Waals surface area contributed by atoms with E-state index in [4.69, 9.17) is 5.26 Å². The van der Waals surface area contributed by atoms with Gasteiger partial charge in [0.25, 0.3) is 5.91 Å². The summed E-state index contributed by atoms with van der Waals surface area (Å²) in [5, 5.41) is 11.7. The van der Waals surface area contributed by atoms with Crippen molar-refractivity contribution in [3.05, 3.63) is 66.0 Å². The molecule has 0 aliphatic carbocycles. The monoisotopic (exact) mass is 249 g/mol. The fraction of sp³-hybridized carbons (Fsp3) is 0. The van der Waals surface area contributed by atoms with Gasteiger partial charge >= 0.3 is 0 Å². The van der Waals surface area contributed by atoms with E-state index in [0.29, 0.717) is 5.69 Å². The third kappa shape index (κ3) is 3.51. The van der Waals surface area contributed by atoms with E-state index >= 15 is 0 Å². The van der Waals surface area contributed by atoms with Crippen LogP contribution in [0.15, 0.2) is 60.4 Å². The van der Waals surface area contributed by atoms with E-state index in [1.54, 1.807) is 24.4 Å². The number of anilines is 1. The van der Waals surface area contributed by atoms with Gasteiger partial charge in [0.05, 0.1) is 11.9 Å². The maximum atomic E-state index is 11.9. The molecule has 1 aromatic carbocycles. The Bertz CT molecular complexity index is 627. The summed E-state index contributed by atoms with van der Waals surface area (Å²) in [4.78, 5) is 15.8. The lowest BCUT2D eigenvalue weighted by molar-refractivity contribution is -0.112. The van der Waals surface area contributed by atoms with E-state index in [-0.39, 0.29) is 5.57 Å². The van der Waals surface area contributed by atoms with Crippen molar-refractivity contribution in [3.8, 4) is 6.07 Å². The molecule has 0 atom stereocenters. The second kappa shape index (κ2) is 6.12. The minimum atomic E-state index is -0.445. The molecule has 0 unspecified atom stereocenters. The molecule has 92 valence electrons. The Balaban J connectivity index is 2.17. The first-order chi connectivity index (χ1) is 9.29. The lowest BCUT2D eigenvalue weighted by Gasteiger charge is -2.03. The Kier molecular flexibility index (Phi) is 4.04. The van der Waals surface area contributed by atoms with Gasteiger partial charge in [0.1, 0.15) is 11.6 Å². The van der Waals surface area contributed by atoms with Gasteiger partial charge in [-0.3, -0.25) is 9.78 Å². The number of benzene rings is 1. The van der Waals surface area contributed by atoms with Crippen molar-refractivity contribution in [2.24, 2.45) is 0 Å². The van der Waals surface area contributed by atoms with Crippen molar-refractivity contribution >= 4 is 17.7 Å². The maximum Gasteiger partial charge on any atom is 0.266 e. The van der Waals surface area contributed by atoms with Gasteiger partial charge in [-0.2, -0.15) is 5.26 Å². The van der Waals surface area contributed by atoms with Crippen LogP contribution in [0.3, 0.4) is 0 Å². The molecule has 0 saturated carbocycles. The van der Waals surface area contributed by atoms with E-state index in [2.05, 4.69) is 10.3 Å². The van der Waals surface area contributed by atoms with E-state index in [1.165, 1.54) is 6.20 Å². The molecule has 2 aromatic rings. The van der Waals surface area contributed by atoms with Crippen molar-refractivity contribution in [1.29, 1.82) is 5.26 Å². The summed E-state index contributed by atoms with van der Waals surface area (Å²) in [5.41, 5.74) is 1.41. The highest BCUT2D eigenvalue weighted by Gasteiger charge is 2.09. The number of amides is 1. The molecule has 0 radical (unpaired) electrons. The Morgan fingerprint density at radius 1 is 1.21 bits per heavy atom. The van der Waals surface area contributed by atoms with Crippen molar-refractivity contribution in [2.45, 2.75) is 0 Å². The van der Waals surface area contributed by atoms with Gasteiger partial charge < -0.3 is 5.32 Å². The Morgan fingerprint density at radius 3 is 2.63 bits per heavy atom. The predicted molar refractivity (Wildman–Crippen MR) is 72.9 cm³/mol. The van der Waals surface area contributed by atoms with Gasteiger partial charge in [-0.15, -0.1) is 0 Å². The lowest BCUT2D eigenvalue weighted by atomic mass is 10.1. The summed E-state index contributed by atoms with van der Waals surface area (Å²) >= 11 is 0. The van der Waals surface area contributed by atoms with Crippen LogP contribution in [0.2, 0.25) is 0 Å². The molecule has 0 aliphatic rings. The molecule has 0 fully saturated rings. The molecule has 4 nitrogen and oxygen atoms in total. The van der Waals surface area contributed by atoms with Gasteiger partial charge in [0.2, 0.25) is 0 Å². The standard InChI is InChI=1S/C15H11N3O/c16-10-13(9-12-5-2-1-3-6-12)15(19)18-14-7-4-8-17-11-14/h1-9,11H,(H,18,19)/b13-9+. The van der Waals surface area contributed by atoms with Crippen LogP contribution in [0, 0.1) is 11.3 Å². The minimum absolute atomic E-state index is 0.0510. The fourth-order valence-corrected chi connectivity index (χ4v) is 1.50. The number of hydrogen-bond acceptors (Lipinski definition) is 3. The van der Waals surface area contributed by atoms with Crippen LogP contribution in [0.25, 0.3) is 6.08 Å². The Morgan fingerprint density at radius 2 is 2.00 bits per heavy atom. The van der Waals surface area contributed by atoms with Crippen molar-refractivity contribution < 1.29 is 4.79 Å². The van der Waals surface area contributed by atoms with Gasteiger partial charge in [-0.25, -0.2) is 0 Å². The van der Waals surface area contributed by atoms with E-state index in [9.17, 15) is 4.79 Å². The summed E-state index contributed by atoms with van der Waals surface area (Å²) in [6.07, 6.45) is 4.68. The van der Waals surface area contributed by atoms with Gasteiger partial charge in [-0.1, -0.05) is 30.3 Å². The topological polar surface area (TPSA) is 65.8 Å². The molecule has 0 aliphatic heterocycles. The molecule has 19 heavy (non-hydrogen) atoms. The average molecular weight is 249 g/mol. The van der Waals surface area contributed by atoms with Crippen LogP contribution < -0.4 is 5.32 Å².